The van der Waals surface area contributed by atoms with E-state index in [2.05, 4.69) is 0 Å². The second-order valence-corrected chi connectivity index (χ2v) is 8.35. The zero-order chi connectivity index (χ0) is 15.4. The van der Waals surface area contributed by atoms with Crippen LogP contribution in [0.15, 0.2) is 24.3 Å². The van der Waals surface area contributed by atoms with Gasteiger partial charge in [-0.1, -0.05) is 29.8 Å². The lowest BCUT2D eigenvalue weighted by molar-refractivity contribution is 0.193. The number of sulfone groups is 1. The summed E-state index contributed by atoms with van der Waals surface area (Å²) in [4.78, 5) is 0. The molecule has 4 nitrogen and oxygen atoms in total. The maximum atomic E-state index is 12.0. The van der Waals surface area contributed by atoms with Crippen molar-refractivity contribution in [3.8, 4) is 0 Å². The van der Waals surface area contributed by atoms with Gasteiger partial charge < -0.3 is 10.8 Å². The van der Waals surface area contributed by atoms with Gasteiger partial charge >= 0.3 is 0 Å². The van der Waals surface area contributed by atoms with E-state index >= 15 is 0 Å². The molecule has 1 atom stereocenters. The highest BCUT2D eigenvalue weighted by molar-refractivity contribution is 7.91. The van der Waals surface area contributed by atoms with Gasteiger partial charge in [0.1, 0.15) is 0 Å². The molecule has 0 fully saturated rings. The molecule has 1 aromatic carbocycles. The molecular formula is C15H25NO3S. The molecule has 20 heavy (non-hydrogen) atoms. The van der Waals surface area contributed by atoms with Crippen molar-refractivity contribution in [1.29, 1.82) is 0 Å². The lowest BCUT2D eigenvalue weighted by atomic mass is 9.78. The first-order chi connectivity index (χ1) is 9.27. The molecular weight excluding hydrogens is 274 g/mol. The van der Waals surface area contributed by atoms with Gasteiger partial charge in [-0.05, 0) is 32.8 Å². The quantitative estimate of drug-likeness (QED) is 0.797. The van der Waals surface area contributed by atoms with Crippen molar-refractivity contribution in [2.75, 3.05) is 18.9 Å². The molecule has 0 amide bonds. The van der Waals surface area contributed by atoms with E-state index in [0.29, 0.717) is 6.42 Å². The van der Waals surface area contributed by atoms with Gasteiger partial charge in [-0.2, -0.15) is 0 Å². The Morgan fingerprint density at radius 2 is 1.80 bits per heavy atom. The van der Waals surface area contributed by atoms with E-state index in [-0.39, 0.29) is 18.9 Å². The Bertz CT molecular complexity index is 517. The maximum Gasteiger partial charge on any atom is 0.152 e. The molecule has 0 aliphatic carbocycles. The number of aliphatic hydroxyl groups is 1. The molecule has 0 spiro atoms. The fourth-order valence-electron chi connectivity index (χ4n) is 2.08. The Kier molecular flexibility index (Phi) is 5.74. The maximum absolute atomic E-state index is 12.0. The van der Waals surface area contributed by atoms with E-state index < -0.39 is 20.5 Å². The van der Waals surface area contributed by atoms with Gasteiger partial charge in [-0.15, -0.1) is 0 Å². The van der Waals surface area contributed by atoms with E-state index in [1.165, 1.54) is 0 Å². The third-order valence-electron chi connectivity index (χ3n) is 3.94. The first kappa shape index (κ1) is 17.1. The minimum Gasteiger partial charge on any atom is -0.395 e. The standard InChI is InChI=1S/C15H25NO3S/c1-12(2)20(18,19)9-8-15(10-16,11-17)14-6-4-13(3)5-7-14/h4-7,12,17H,8-11,16H2,1-3H3. The van der Waals surface area contributed by atoms with Gasteiger partial charge in [0.05, 0.1) is 17.6 Å². The monoisotopic (exact) mass is 299 g/mol. The molecule has 3 N–H and O–H groups in total. The molecule has 0 aromatic heterocycles. The smallest absolute Gasteiger partial charge is 0.152 e. The molecule has 0 saturated heterocycles. The molecule has 1 aromatic rings. The number of aliphatic hydroxyl groups excluding tert-OH is 1. The molecule has 5 heteroatoms. The third-order valence-corrected chi connectivity index (χ3v) is 6.15. The van der Waals surface area contributed by atoms with E-state index in [1.807, 2.05) is 31.2 Å². The van der Waals surface area contributed by atoms with Crippen molar-refractivity contribution < 1.29 is 13.5 Å². The predicted molar refractivity (Wildman–Crippen MR) is 82.5 cm³/mol. The summed E-state index contributed by atoms with van der Waals surface area (Å²) in [5.41, 5.74) is 7.17. The molecule has 114 valence electrons. The second kappa shape index (κ2) is 6.70. The SMILES string of the molecule is Cc1ccc(C(CN)(CO)CCS(=O)(=O)C(C)C)cc1. The number of hydrogen-bond acceptors (Lipinski definition) is 4. The topological polar surface area (TPSA) is 80.4 Å². The predicted octanol–water partition coefficient (Wildman–Crippen LogP) is 1.40. The highest BCUT2D eigenvalue weighted by Crippen LogP contribution is 2.28. The molecule has 0 aliphatic heterocycles. The van der Waals surface area contributed by atoms with Crippen molar-refractivity contribution in [3.63, 3.8) is 0 Å². The van der Waals surface area contributed by atoms with Crippen molar-refractivity contribution in [1.82, 2.24) is 0 Å². The molecule has 1 unspecified atom stereocenters. The van der Waals surface area contributed by atoms with Crippen LogP contribution >= 0.6 is 0 Å². The van der Waals surface area contributed by atoms with Crippen molar-refractivity contribution in [2.24, 2.45) is 5.73 Å². The van der Waals surface area contributed by atoms with Gasteiger partial charge in [0.2, 0.25) is 0 Å². The van der Waals surface area contributed by atoms with Gasteiger partial charge in [0.25, 0.3) is 0 Å². The Balaban J connectivity index is 3.01. The zero-order valence-corrected chi connectivity index (χ0v) is 13.3. The Hall–Kier alpha value is -0.910. The Morgan fingerprint density at radius 3 is 2.20 bits per heavy atom. The van der Waals surface area contributed by atoms with Crippen LogP contribution in [0.1, 0.15) is 31.4 Å². The summed E-state index contributed by atoms with van der Waals surface area (Å²) in [7, 11) is -3.13. The fraction of sp³-hybridized carbons (Fsp3) is 0.600. The lowest BCUT2D eigenvalue weighted by Gasteiger charge is -2.31. The first-order valence-electron chi connectivity index (χ1n) is 6.87. The number of aryl methyl sites for hydroxylation is 1. The van der Waals surface area contributed by atoms with E-state index in [4.69, 9.17) is 5.73 Å². The Labute approximate surface area is 121 Å². The molecule has 0 saturated carbocycles. The third kappa shape index (κ3) is 3.81. The Morgan fingerprint density at radius 1 is 1.25 bits per heavy atom. The van der Waals surface area contributed by atoms with Crippen LogP contribution in [-0.4, -0.2) is 37.7 Å². The lowest BCUT2D eigenvalue weighted by Crippen LogP contribution is -2.41. The molecule has 0 heterocycles. The van der Waals surface area contributed by atoms with Crippen LogP contribution in [-0.2, 0) is 15.3 Å². The summed E-state index contributed by atoms with van der Waals surface area (Å²) < 4.78 is 23.9. The van der Waals surface area contributed by atoms with E-state index in [9.17, 15) is 13.5 Å². The molecule has 0 bridgehead atoms. The van der Waals surface area contributed by atoms with Crippen LogP contribution in [0.25, 0.3) is 0 Å². The second-order valence-electron chi connectivity index (χ2n) is 5.67. The highest BCUT2D eigenvalue weighted by atomic mass is 32.2. The van der Waals surface area contributed by atoms with Gasteiger partial charge in [-0.25, -0.2) is 8.42 Å². The highest BCUT2D eigenvalue weighted by Gasteiger charge is 2.32. The van der Waals surface area contributed by atoms with E-state index in [1.54, 1.807) is 13.8 Å². The average molecular weight is 299 g/mol. The van der Waals surface area contributed by atoms with Gasteiger partial charge in [0, 0.05) is 12.0 Å². The minimum absolute atomic E-state index is 0.0380. The number of hydrogen-bond donors (Lipinski definition) is 2. The van der Waals surface area contributed by atoms with Crippen LogP contribution in [0.2, 0.25) is 0 Å². The van der Waals surface area contributed by atoms with Crippen LogP contribution < -0.4 is 5.73 Å². The van der Waals surface area contributed by atoms with Crippen LogP contribution in [0.3, 0.4) is 0 Å². The van der Waals surface area contributed by atoms with Crippen LogP contribution in [0.4, 0.5) is 0 Å². The average Bonchev–Trinajstić information content (AvgIpc) is 2.42. The van der Waals surface area contributed by atoms with Crippen LogP contribution in [0.5, 0.6) is 0 Å². The van der Waals surface area contributed by atoms with E-state index in [0.717, 1.165) is 11.1 Å². The molecule has 1 rings (SSSR count). The largest absolute Gasteiger partial charge is 0.395 e. The summed E-state index contributed by atoms with van der Waals surface area (Å²) >= 11 is 0. The number of nitrogens with two attached hydrogens (primary N) is 1. The number of benzene rings is 1. The van der Waals surface area contributed by atoms with Crippen molar-refractivity contribution >= 4 is 9.84 Å². The summed E-state index contributed by atoms with van der Waals surface area (Å²) in [5.74, 6) is 0.0380. The number of rotatable bonds is 7. The summed E-state index contributed by atoms with van der Waals surface area (Å²) in [6.07, 6.45) is 0.337. The fourth-order valence-corrected chi connectivity index (χ4v) is 3.23. The normalized spacial score (nSPS) is 15.3. The summed E-state index contributed by atoms with van der Waals surface area (Å²) in [6.45, 7) is 5.39. The van der Waals surface area contributed by atoms with Gasteiger partial charge in [-0.3, -0.25) is 0 Å². The minimum atomic E-state index is -3.13. The van der Waals surface area contributed by atoms with Crippen molar-refractivity contribution in [3.05, 3.63) is 35.4 Å². The molecule has 0 aliphatic rings. The molecule has 0 radical (unpaired) electrons. The van der Waals surface area contributed by atoms with Gasteiger partial charge in [0.15, 0.2) is 9.84 Å². The summed E-state index contributed by atoms with van der Waals surface area (Å²) in [5, 5.41) is 9.35. The first-order valence-corrected chi connectivity index (χ1v) is 8.58. The summed E-state index contributed by atoms with van der Waals surface area (Å²) in [6, 6.07) is 7.74. The zero-order valence-electron chi connectivity index (χ0n) is 12.5. The van der Waals surface area contributed by atoms with Crippen LogP contribution in [0, 0.1) is 6.92 Å². The van der Waals surface area contributed by atoms with Crippen molar-refractivity contribution in [2.45, 2.75) is 37.9 Å².